The van der Waals surface area contributed by atoms with E-state index < -0.39 is 6.04 Å². The van der Waals surface area contributed by atoms with Gasteiger partial charge in [-0.25, -0.2) is 0 Å². The molecule has 0 aromatic heterocycles. The smallest absolute Gasteiger partial charge is 0.237 e. The first kappa shape index (κ1) is 15.5. The van der Waals surface area contributed by atoms with Crippen molar-refractivity contribution < 1.29 is 9.53 Å². The highest BCUT2D eigenvalue weighted by Crippen LogP contribution is 2.19. The molecule has 0 bridgehead atoms. The summed E-state index contributed by atoms with van der Waals surface area (Å²) in [6.07, 6.45) is 1.61. The summed E-state index contributed by atoms with van der Waals surface area (Å²) in [4.78, 5) is 11.9. The van der Waals surface area contributed by atoms with E-state index in [0.29, 0.717) is 13.0 Å². The van der Waals surface area contributed by atoms with E-state index in [1.165, 1.54) is 0 Å². The molecule has 2 unspecified atom stereocenters. The maximum Gasteiger partial charge on any atom is 0.237 e. The van der Waals surface area contributed by atoms with Crippen LogP contribution >= 0.6 is 0 Å². The zero-order chi connectivity index (χ0) is 14.3. The summed E-state index contributed by atoms with van der Waals surface area (Å²) in [5.41, 5.74) is 6.81. The summed E-state index contributed by atoms with van der Waals surface area (Å²) >= 11 is 0. The number of nitrogens with two attached hydrogens (primary N) is 1. The maximum absolute atomic E-state index is 11.9. The minimum absolute atomic E-state index is 0.0733. The van der Waals surface area contributed by atoms with Crippen LogP contribution < -0.4 is 15.8 Å². The maximum atomic E-state index is 11.9. The van der Waals surface area contributed by atoms with Crippen molar-refractivity contribution in [2.45, 2.75) is 45.7 Å². The number of amides is 1. The van der Waals surface area contributed by atoms with Gasteiger partial charge in [0.25, 0.3) is 0 Å². The molecule has 0 saturated heterocycles. The van der Waals surface area contributed by atoms with Gasteiger partial charge in [0.1, 0.15) is 5.75 Å². The number of carbonyl (C=O) groups is 1. The fraction of sp³-hybridized carbons (Fsp3) is 0.533. The van der Waals surface area contributed by atoms with Gasteiger partial charge in [-0.05, 0) is 38.0 Å². The van der Waals surface area contributed by atoms with Crippen LogP contribution in [0, 0.1) is 0 Å². The van der Waals surface area contributed by atoms with Gasteiger partial charge in [0.2, 0.25) is 5.91 Å². The molecule has 0 aliphatic rings. The number of hydrogen-bond donors (Lipinski definition) is 2. The number of rotatable bonds is 7. The summed E-state index contributed by atoms with van der Waals surface area (Å²) in [7, 11) is 0. The Hall–Kier alpha value is -1.55. The Morgan fingerprint density at radius 2 is 2.16 bits per heavy atom. The molecule has 1 aromatic rings. The summed E-state index contributed by atoms with van der Waals surface area (Å²) in [6, 6.07) is 7.25. The SMILES string of the molecule is CCCC(N)C(=O)NC(C)c1cccc(OCC)c1. The molecule has 3 N–H and O–H groups in total. The Morgan fingerprint density at radius 1 is 1.42 bits per heavy atom. The van der Waals surface area contributed by atoms with Crippen LogP contribution in [0.3, 0.4) is 0 Å². The first-order chi connectivity index (χ1) is 9.08. The minimum Gasteiger partial charge on any atom is -0.494 e. The van der Waals surface area contributed by atoms with E-state index in [1.807, 2.05) is 45.0 Å². The average Bonchev–Trinajstić information content (AvgIpc) is 2.39. The standard InChI is InChI=1S/C15H24N2O2/c1-4-7-14(16)15(18)17-11(3)12-8-6-9-13(10-12)19-5-2/h6,8-11,14H,4-5,7,16H2,1-3H3,(H,17,18). The van der Waals surface area contributed by atoms with E-state index in [1.54, 1.807) is 0 Å². The highest BCUT2D eigenvalue weighted by molar-refractivity contribution is 5.81. The van der Waals surface area contributed by atoms with Gasteiger partial charge in [-0.3, -0.25) is 4.79 Å². The number of benzene rings is 1. The molecule has 1 rings (SSSR count). The van der Waals surface area contributed by atoms with E-state index in [0.717, 1.165) is 17.7 Å². The van der Waals surface area contributed by atoms with Crippen molar-refractivity contribution in [2.75, 3.05) is 6.61 Å². The molecular weight excluding hydrogens is 240 g/mol. The number of ether oxygens (including phenoxy) is 1. The van der Waals surface area contributed by atoms with Crippen LogP contribution in [0.25, 0.3) is 0 Å². The molecule has 0 saturated carbocycles. The highest BCUT2D eigenvalue weighted by Gasteiger charge is 2.15. The van der Waals surface area contributed by atoms with Gasteiger partial charge in [-0.2, -0.15) is 0 Å². The second-order valence-electron chi connectivity index (χ2n) is 4.63. The predicted octanol–water partition coefficient (Wildman–Crippen LogP) is 2.39. The van der Waals surface area contributed by atoms with Crippen LogP contribution in [0.2, 0.25) is 0 Å². The van der Waals surface area contributed by atoms with Gasteiger partial charge in [-0.1, -0.05) is 25.5 Å². The molecule has 0 radical (unpaired) electrons. The van der Waals surface area contributed by atoms with Crippen molar-refractivity contribution in [3.63, 3.8) is 0 Å². The Kier molecular flexibility index (Phi) is 6.36. The number of nitrogens with one attached hydrogen (secondary N) is 1. The third-order valence-electron chi connectivity index (χ3n) is 2.96. The van der Waals surface area contributed by atoms with Gasteiger partial charge in [0.05, 0.1) is 18.7 Å². The second kappa shape index (κ2) is 7.79. The van der Waals surface area contributed by atoms with E-state index in [2.05, 4.69) is 5.32 Å². The summed E-state index contributed by atoms with van der Waals surface area (Å²) in [5, 5.41) is 2.93. The largest absolute Gasteiger partial charge is 0.494 e. The van der Waals surface area contributed by atoms with Crippen molar-refractivity contribution in [3.8, 4) is 5.75 Å². The molecular formula is C15H24N2O2. The first-order valence-corrected chi connectivity index (χ1v) is 6.87. The molecule has 1 amide bonds. The van der Waals surface area contributed by atoms with Crippen LogP contribution in [-0.4, -0.2) is 18.6 Å². The minimum atomic E-state index is -0.428. The number of carbonyl (C=O) groups excluding carboxylic acids is 1. The Balaban J connectivity index is 2.64. The van der Waals surface area contributed by atoms with Crippen LogP contribution in [-0.2, 0) is 4.79 Å². The van der Waals surface area contributed by atoms with Crippen molar-refractivity contribution in [1.82, 2.24) is 5.32 Å². The van der Waals surface area contributed by atoms with Gasteiger partial charge in [0.15, 0.2) is 0 Å². The molecule has 0 spiro atoms. The Bertz CT molecular complexity index is 407. The fourth-order valence-electron chi connectivity index (χ4n) is 1.89. The van der Waals surface area contributed by atoms with Crippen molar-refractivity contribution in [3.05, 3.63) is 29.8 Å². The highest BCUT2D eigenvalue weighted by atomic mass is 16.5. The fourth-order valence-corrected chi connectivity index (χ4v) is 1.89. The normalized spacial score (nSPS) is 13.7. The first-order valence-electron chi connectivity index (χ1n) is 6.87. The van der Waals surface area contributed by atoms with Crippen molar-refractivity contribution in [1.29, 1.82) is 0 Å². The van der Waals surface area contributed by atoms with E-state index >= 15 is 0 Å². The van der Waals surface area contributed by atoms with Crippen molar-refractivity contribution >= 4 is 5.91 Å². The molecule has 4 nitrogen and oxygen atoms in total. The van der Waals surface area contributed by atoms with Crippen LogP contribution in [0.15, 0.2) is 24.3 Å². The summed E-state index contributed by atoms with van der Waals surface area (Å²) in [6.45, 7) is 6.54. The van der Waals surface area contributed by atoms with E-state index in [-0.39, 0.29) is 11.9 Å². The zero-order valence-electron chi connectivity index (χ0n) is 12.0. The zero-order valence-corrected chi connectivity index (χ0v) is 12.0. The summed E-state index contributed by atoms with van der Waals surface area (Å²) < 4.78 is 5.45. The third kappa shape index (κ3) is 4.91. The van der Waals surface area contributed by atoms with Gasteiger partial charge < -0.3 is 15.8 Å². The third-order valence-corrected chi connectivity index (χ3v) is 2.96. The van der Waals surface area contributed by atoms with Crippen LogP contribution in [0.5, 0.6) is 5.75 Å². The predicted molar refractivity (Wildman–Crippen MR) is 77.1 cm³/mol. The Morgan fingerprint density at radius 3 is 2.79 bits per heavy atom. The van der Waals surface area contributed by atoms with Gasteiger partial charge in [0, 0.05) is 0 Å². The molecule has 0 aliphatic carbocycles. The van der Waals surface area contributed by atoms with Crippen LogP contribution in [0.4, 0.5) is 0 Å². The lowest BCUT2D eigenvalue weighted by atomic mass is 10.1. The monoisotopic (exact) mass is 264 g/mol. The van der Waals surface area contributed by atoms with Gasteiger partial charge >= 0.3 is 0 Å². The van der Waals surface area contributed by atoms with Crippen LogP contribution in [0.1, 0.15) is 45.2 Å². The van der Waals surface area contributed by atoms with E-state index in [9.17, 15) is 4.79 Å². The topological polar surface area (TPSA) is 64.4 Å². The summed E-state index contributed by atoms with van der Waals surface area (Å²) in [5.74, 6) is 0.718. The molecule has 0 fully saturated rings. The Labute approximate surface area is 115 Å². The van der Waals surface area contributed by atoms with Gasteiger partial charge in [-0.15, -0.1) is 0 Å². The molecule has 2 atom stereocenters. The second-order valence-corrected chi connectivity index (χ2v) is 4.63. The molecule has 106 valence electrons. The molecule has 19 heavy (non-hydrogen) atoms. The molecule has 4 heteroatoms. The molecule has 0 aliphatic heterocycles. The average molecular weight is 264 g/mol. The van der Waals surface area contributed by atoms with Crippen molar-refractivity contribution in [2.24, 2.45) is 5.73 Å². The quantitative estimate of drug-likeness (QED) is 0.794. The van der Waals surface area contributed by atoms with E-state index in [4.69, 9.17) is 10.5 Å². The lowest BCUT2D eigenvalue weighted by molar-refractivity contribution is -0.123. The molecule has 1 aromatic carbocycles. The molecule has 0 heterocycles. The lowest BCUT2D eigenvalue weighted by Gasteiger charge is -2.18. The lowest BCUT2D eigenvalue weighted by Crippen LogP contribution is -2.41. The number of hydrogen-bond acceptors (Lipinski definition) is 3.